The number of carbonyl (C=O) groups is 1. The van der Waals surface area contributed by atoms with Crippen molar-refractivity contribution in [3.63, 3.8) is 0 Å². The molecule has 214 valence electrons. The van der Waals surface area contributed by atoms with Crippen LogP contribution in [0.4, 0.5) is 13.2 Å². The zero-order valence-corrected chi connectivity index (χ0v) is 22.8. The zero-order valence-electron chi connectivity index (χ0n) is 22.0. The summed E-state index contributed by atoms with van der Waals surface area (Å²) in [5.41, 5.74) is 2.97. The molecule has 1 fully saturated rings. The molecular weight excluding hydrogens is 543 g/mol. The smallest absolute Gasteiger partial charge is 0.406 e. The maximum absolute atomic E-state index is 13.3. The van der Waals surface area contributed by atoms with Gasteiger partial charge in [0, 0.05) is 31.6 Å². The summed E-state index contributed by atoms with van der Waals surface area (Å²) in [5.74, 6) is -0.133. The van der Waals surface area contributed by atoms with Crippen LogP contribution >= 0.6 is 0 Å². The highest BCUT2D eigenvalue weighted by molar-refractivity contribution is 7.89. The minimum absolute atomic E-state index is 0.0587. The van der Waals surface area contributed by atoms with E-state index in [1.165, 1.54) is 18.2 Å². The van der Waals surface area contributed by atoms with Crippen molar-refractivity contribution in [3.05, 3.63) is 83.9 Å². The molecule has 0 aliphatic heterocycles. The Morgan fingerprint density at radius 3 is 2.30 bits per heavy atom. The lowest BCUT2D eigenvalue weighted by molar-refractivity contribution is -0.274. The minimum atomic E-state index is -4.72. The van der Waals surface area contributed by atoms with Crippen molar-refractivity contribution in [1.29, 1.82) is 0 Å². The summed E-state index contributed by atoms with van der Waals surface area (Å²) in [4.78, 5) is 15.1. The van der Waals surface area contributed by atoms with Crippen molar-refractivity contribution in [3.8, 4) is 16.9 Å². The second kappa shape index (κ2) is 12.4. The molecule has 3 aromatic rings. The van der Waals surface area contributed by atoms with Crippen LogP contribution in [-0.4, -0.2) is 39.2 Å². The van der Waals surface area contributed by atoms with Crippen LogP contribution in [0, 0.1) is 11.8 Å². The second-order valence-electron chi connectivity index (χ2n) is 10.1. The third-order valence-electron chi connectivity index (χ3n) is 7.12. The van der Waals surface area contributed by atoms with Gasteiger partial charge in [-0.25, -0.2) is 13.6 Å². The van der Waals surface area contributed by atoms with Gasteiger partial charge in [-0.3, -0.25) is 4.79 Å². The normalized spacial score (nSPS) is 17.5. The molecule has 0 radical (unpaired) electrons. The third-order valence-corrected chi connectivity index (χ3v) is 8.09. The van der Waals surface area contributed by atoms with Gasteiger partial charge >= 0.3 is 6.36 Å². The molecule has 11 heteroatoms. The fraction of sp³-hybridized carbons (Fsp3) is 0.345. The maximum atomic E-state index is 13.3. The van der Waals surface area contributed by atoms with E-state index < -0.39 is 16.4 Å². The van der Waals surface area contributed by atoms with Gasteiger partial charge in [0.1, 0.15) is 5.75 Å². The molecule has 0 bridgehead atoms. The van der Waals surface area contributed by atoms with E-state index >= 15 is 0 Å². The van der Waals surface area contributed by atoms with Crippen LogP contribution < -0.4 is 15.2 Å². The zero-order chi connectivity index (χ0) is 28.9. The molecule has 0 aromatic heterocycles. The van der Waals surface area contributed by atoms with Crippen molar-refractivity contribution < 1.29 is 31.1 Å². The average Bonchev–Trinajstić information content (AvgIpc) is 3.37. The highest BCUT2D eigenvalue weighted by Gasteiger charge is 2.34. The fourth-order valence-corrected chi connectivity index (χ4v) is 5.96. The Bertz CT molecular complexity index is 1410. The monoisotopic (exact) mass is 575 g/mol. The Morgan fingerprint density at radius 1 is 1.00 bits per heavy atom. The van der Waals surface area contributed by atoms with Crippen LogP contribution in [0.5, 0.6) is 5.75 Å². The van der Waals surface area contributed by atoms with Crippen molar-refractivity contribution in [2.45, 2.75) is 43.6 Å². The van der Waals surface area contributed by atoms with Gasteiger partial charge in [-0.1, -0.05) is 61.0 Å². The number of rotatable bonds is 10. The summed E-state index contributed by atoms with van der Waals surface area (Å²) in [5, 5.41) is 8.70. The molecule has 7 nitrogen and oxygen atoms in total. The lowest BCUT2D eigenvalue weighted by Gasteiger charge is -2.25. The van der Waals surface area contributed by atoms with Crippen LogP contribution in [0.2, 0.25) is 0 Å². The van der Waals surface area contributed by atoms with E-state index in [1.807, 2.05) is 24.3 Å². The molecule has 2 unspecified atom stereocenters. The van der Waals surface area contributed by atoms with Gasteiger partial charge in [0.15, 0.2) is 0 Å². The molecule has 40 heavy (non-hydrogen) atoms. The average molecular weight is 576 g/mol. The predicted molar refractivity (Wildman–Crippen MR) is 145 cm³/mol. The SMILES string of the molecule is CN(Cc1ccc(-c2ccccc2S(N)(=O)=O)cc1)C(=O)C1CCCC1CNCc1ccc(OC(F)(F)F)cc1. The first-order valence-electron chi connectivity index (χ1n) is 12.9. The van der Waals surface area contributed by atoms with Crippen LogP contribution in [0.3, 0.4) is 0 Å². The highest BCUT2D eigenvalue weighted by Crippen LogP contribution is 2.33. The first kappa shape index (κ1) is 29.6. The van der Waals surface area contributed by atoms with E-state index in [0.717, 1.165) is 30.4 Å². The molecule has 3 aromatic carbocycles. The first-order valence-corrected chi connectivity index (χ1v) is 14.5. The van der Waals surface area contributed by atoms with Crippen LogP contribution in [-0.2, 0) is 27.9 Å². The Kier molecular flexibility index (Phi) is 9.17. The summed E-state index contributed by atoms with van der Waals surface area (Å²) < 4.78 is 64.8. The molecule has 0 heterocycles. The topological polar surface area (TPSA) is 102 Å². The molecule has 4 rings (SSSR count). The van der Waals surface area contributed by atoms with Gasteiger partial charge in [0.25, 0.3) is 0 Å². The van der Waals surface area contributed by atoms with Crippen molar-refractivity contribution in [1.82, 2.24) is 10.2 Å². The number of benzene rings is 3. The van der Waals surface area contributed by atoms with E-state index in [9.17, 15) is 26.4 Å². The molecule has 1 aliphatic rings. The number of alkyl halides is 3. The number of nitrogens with zero attached hydrogens (tertiary/aromatic N) is 1. The predicted octanol–water partition coefficient (Wildman–Crippen LogP) is 5.06. The van der Waals surface area contributed by atoms with Gasteiger partial charge in [-0.15, -0.1) is 13.2 Å². The third kappa shape index (κ3) is 7.83. The van der Waals surface area contributed by atoms with Gasteiger partial charge in [-0.05, 0) is 60.2 Å². The largest absolute Gasteiger partial charge is 0.573 e. The summed E-state index contributed by atoms with van der Waals surface area (Å²) in [6.07, 6.45) is -2.03. The van der Waals surface area contributed by atoms with E-state index in [2.05, 4.69) is 10.1 Å². The Hall–Kier alpha value is -3.41. The van der Waals surface area contributed by atoms with Gasteiger partial charge in [-0.2, -0.15) is 0 Å². The molecule has 1 saturated carbocycles. The van der Waals surface area contributed by atoms with E-state index in [0.29, 0.717) is 30.8 Å². The number of sulfonamides is 1. The number of nitrogens with one attached hydrogen (secondary N) is 1. The number of hydrogen-bond acceptors (Lipinski definition) is 5. The molecule has 0 spiro atoms. The van der Waals surface area contributed by atoms with Gasteiger partial charge in [0.2, 0.25) is 15.9 Å². The lowest BCUT2D eigenvalue weighted by Crippen LogP contribution is -2.37. The number of carbonyl (C=O) groups excluding carboxylic acids is 1. The summed E-state index contributed by atoms with van der Waals surface area (Å²) in [7, 11) is -2.09. The molecule has 3 N–H and O–H groups in total. The number of primary sulfonamides is 1. The van der Waals surface area contributed by atoms with E-state index in [1.54, 1.807) is 42.3 Å². The van der Waals surface area contributed by atoms with Crippen molar-refractivity contribution in [2.75, 3.05) is 13.6 Å². The van der Waals surface area contributed by atoms with E-state index in [4.69, 9.17) is 5.14 Å². The Balaban J connectivity index is 1.31. The lowest BCUT2D eigenvalue weighted by atomic mass is 9.94. The number of hydrogen-bond donors (Lipinski definition) is 2. The summed E-state index contributed by atoms with van der Waals surface area (Å²) >= 11 is 0. The number of ether oxygens (including phenoxy) is 1. The second-order valence-corrected chi connectivity index (χ2v) is 11.6. The van der Waals surface area contributed by atoms with Gasteiger partial charge < -0.3 is 15.0 Å². The maximum Gasteiger partial charge on any atom is 0.573 e. The number of nitrogens with two attached hydrogens (primary N) is 1. The number of halogens is 3. The molecule has 2 atom stereocenters. The molecule has 1 aliphatic carbocycles. The van der Waals surface area contributed by atoms with Crippen LogP contribution in [0.25, 0.3) is 11.1 Å². The highest BCUT2D eigenvalue weighted by atomic mass is 32.2. The quantitative estimate of drug-likeness (QED) is 0.352. The standard InChI is InChI=1S/C29H32F3N3O4S/c1-35(19-21-9-13-22(14-10-21)25-6-2-3-8-27(25)40(33,37)38)28(36)26-7-4-5-23(26)18-34-17-20-11-15-24(16-12-20)39-29(30,31)32/h2-3,6,8-16,23,26,34H,4-5,7,17-19H2,1H3,(H2,33,37,38). The summed E-state index contributed by atoms with van der Waals surface area (Å²) in [6.45, 7) is 1.52. The fourth-order valence-electron chi connectivity index (χ4n) is 5.19. The van der Waals surface area contributed by atoms with Gasteiger partial charge in [0.05, 0.1) is 4.90 Å². The molecule has 0 saturated heterocycles. The molecule has 1 amide bonds. The van der Waals surface area contributed by atoms with Crippen LogP contribution in [0.15, 0.2) is 77.7 Å². The first-order chi connectivity index (χ1) is 18.9. The number of amides is 1. The Morgan fingerprint density at radius 2 is 1.65 bits per heavy atom. The summed E-state index contributed by atoms with van der Waals surface area (Å²) in [6, 6.07) is 19.7. The van der Waals surface area contributed by atoms with Crippen molar-refractivity contribution >= 4 is 15.9 Å². The minimum Gasteiger partial charge on any atom is -0.406 e. The molecular formula is C29H32F3N3O4S. The van der Waals surface area contributed by atoms with E-state index in [-0.39, 0.29) is 28.4 Å². The Labute approximate surface area is 232 Å². The van der Waals surface area contributed by atoms with Crippen LogP contribution in [0.1, 0.15) is 30.4 Å². The van der Waals surface area contributed by atoms with Crippen molar-refractivity contribution in [2.24, 2.45) is 17.0 Å².